The summed E-state index contributed by atoms with van der Waals surface area (Å²) in [5.41, 5.74) is 0.257. The van der Waals surface area contributed by atoms with E-state index in [4.69, 9.17) is 23.2 Å². The molecule has 1 saturated heterocycles. The Kier molecular flexibility index (Phi) is 5.20. The summed E-state index contributed by atoms with van der Waals surface area (Å²) in [4.78, 5) is 31.9. The minimum Gasteiger partial charge on any atom is -0.335 e. The first kappa shape index (κ1) is 17.6. The average molecular weight is 382 g/mol. The second-order valence-electron chi connectivity index (χ2n) is 5.55. The predicted octanol–water partition coefficient (Wildman–Crippen LogP) is 3.13. The Morgan fingerprint density at radius 1 is 0.960 bits per heavy atom. The third-order valence-corrected chi connectivity index (χ3v) is 4.54. The molecule has 8 heteroatoms. The Labute approximate surface area is 154 Å². The zero-order chi connectivity index (χ0) is 18.0. The van der Waals surface area contributed by atoms with E-state index in [9.17, 15) is 14.0 Å². The van der Waals surface area contributed by atoms with Crippen molar-refractivity contribution in [3.63, 3.8) is 0 Å². The molecule has 1 aromatic heterocycles. The third kappa shape index (κ3) is 3.75. The molecule has 130 valence electrons. The summed E-state index contributed by atoms with van der Waals surface area (Å²) < 4.78 is 13.9. The van der Waals surface area contributed by atoms with E-state index in [1.165, 1.54) is 29.3 Å². The first-order valence-electron chi connectivity index (χ1n) is 7.61. The smallest absolute Gasteiger partial charge is 0.257 e. The van der Waals surface area contributed by atoms with Gasteiger partial charge in [0.1, 0.15) is 11.0 Å². The highest BCUT2D eigenvalue weighted by Crippen LogP contribution is 2.19. The minimum atomic E-state index is -0.616. The second kappa shape index (κ2) is 7.37. The number of carbonyl (C=O) groups is 2. The van der Waals surface area contributed by atoms with Crippen LogP contribution in [0, 0.1) is 5.82 Å². The molecule has 3 rings (SSSR count). The number of pyridine rings is 1. The van der Waals surface area contributed by atoms with Crippen LogP contribution < -0.4 is 0 Å². The van der Waals surface area contributed by atoms with E-state index in [-0.39, 0.29) is 16.6 Å². The van der Waals surface area contributed by atoms with E-state index in [2.05, 4.69) is 4.98 Å². The molecule has 0 aliphatic carbocycles. The monoisotopic (exact) mass is 381 g/mol. The van der Waals surface area contributed by atoms with Gasteiger partial charge in [-0.05, 0) is 30.3 Å². The topological polar surface area (TPSA) is 53.5 Å². The summed E-state index contributed by atoms with van der Waals surface area (Å²) in [6.07, 6.45) is 1.51. The van der Waals surface area contributed by atoms with E-state index < -0.39 is 11.7 Å². The lowest BCUT2D eigenvalue weighted by Crippen LogP contribution is -2.50. The number of aromatic nitrogens is 1. The third-order valence-electron chi connectivity index (χ3n) is 4.00. The van der Waals surface area contributed by atoms with Gasteiger partial charge in [-0.25, -0.2) is 9.37 Å². The summed E-state index contributed by atoms with van der Waals surface area (Å²) in [5.74, 6) is -1.29. The molecule has 1 fully saturated rings. The van der Waals surface area contributed by atoms with Crippen LogP contribution in [0.15, 0.2) is 36.5 Å². The van der Waals surface area contributed by atoms with Crippen molar-refractivity contribution in [1.82, 2.24) is 14.8 Å². The van der Waals surface area contributed by atoms with Gasteiger partial charge in [-0.1, -0.05) is 23.2 Å². The highest BCUT2D eigenvalue weighted by molar-refractivity contribution is 6.32. The van der Waals surface area contributed by atoms with Crippen LogP contribution in [0.3, 0.4) is 0 Å². The van der Waals surface area contributed by atoms with Crippen molar-refractivity contribution in [3.8, 4) is 0 Å². The highest BCUT2D eigenvalue weighted by Gasteiger charge is 2.27. The van der Waals surface area contributed by atoms with E-state index >= 15 is 0 Å². The van der Waals surface area contributed by atoms with Gasteiger partial charge in [-0.2, -0.15) is 0 Å². The van der Waals surface area contributed by atoms with E-state index in [0.29, 0.717) is 36.8 Å². The molecule has 0 spiro atoms. The van der Waals surface area contributed by atoms with Crippen molar-refractivity contribution in [2.24, 2.45) is 0 Å². The molecule has 2 aromatic rings. The van der Waals surface area contributed by atoms with Crippen molar-refractivity contribution in [3.05, 3.63) is 63.6 Å². The van der Waals surface area contributed by atoms with E-state index in [0.717, 1.165) is 0 Å². The lowest BCUT2D eigenvalue weighted by Gasteiger charge is -2.35. The van der Waals surface area contributed by atoms with Gasteiger partial charge in [0.15, 0.2) is 0 Å². The van der Waals surface area contributed by atoms with Gasteiger partial charge in [0.25, 0.3) is 11.8 Å². The van der Waals surface area contributed by atoms with Crippen molar-refractivity contribution in [1.29, 1.82) is 0 Å². The van der Waals surface area contributed by atoms with Crippen LogP contribution in [0.4, 0.5) is 4.39 Å². The molecule has 2 amide bonds. The van der Waals surface area contributed by atoms with Crippen LogP contribution in [0.1, 0.15) is 20.7 Å². The lowest BCUT2D eigenvalue weighted by atomic mass is 10.1. The molecule has 25 heavy (non-hydrogen) atoms. The Hall–Kier alpha value is -2.18. The molecule has 1 aromatic carbocycles. The quantitative estimate of drug-likeness (QED) is 0.750. The van der Waals surface area contributed by atoms with Crippen molar-refractivity contribution >= 4 is 35.0 Å². The second-order valence-corrected chi connectivity index (χ2v) is 6.34. The van der Waals surface area contributed by atoms with E-state index in [1.807, 2.05) is 0 Å². The predicted molar refractivity (Wildman–Crippen MR) is 92.5 cm³/mol. The summed E-state index contributed by atoms with van der Waals surface area (Å²) in [7, 11) is 0. The normalized spacial score (nSPS) is 14.5. The molecule has 0 N–H and O–H groups in total. The van der Waals surface area contributed by atoms with Gasteiger partial charge in [0.05, 0.1) is 11.1 Å². The van der Waals surface area contributed by atoms with Gasteiger partial charge < -0.3 is 9.80 Å². The number of amides is 2. The Balaban J connectivity index is 1.68. The molecule has 0 radical (unpaired) electrons. The fourth-order valence-electron chi connectivity index (χ4n) is 2.66. The van der Waals surface area contributed by atoms with Crippen LogP contribution in [0.25, 0.3) is 0 Å². The number of piperazine rings is 1. The minimum absolute atomic E-state index is 0.0671. The molecule has 0 atom stereocenters. The number of hydrogen-bond donors (Lipinski definition) is 0. The zero-order valence-electron chi connectivity index (χ0n) is 13.1. The zero-order valence-corrected chi connectivity index (χ0v) is 14.6. The number of hydrogen-bond acceptors (Lipinski definition) is 3. The van der Waals surface area contributed by atoms with Crippen LogP contribution in [-0.4, -0.2) is 52.8 Å². The average Bonchev–Trinajstić information content (AvgIpc) is 2.63. The van der Waals surface area contributed by atoms with E-state index in [1.54, 1.807) is 17.0 Å². The van der Waals surface area contributed by atoms with Gasteiger partial charge in [0, 0.05) is 37.4 Å². The largest absolute Gasteiger partial charge is 0.335 e. The molecule has 2 heterocycles. The van der Waals surface area contributed by atoms with Crippen LogP contribution in [0.2, 0.25) is 10.2 Å². The standard InChI is InChI=1S/C17H14Cl2FN3O2/c18-11-3-4-14(20)13(10-11)17(25)23-8-6-22(7-9-23)16(24)12-2-1-5-21-15(12)19/h1-5,10H,6-9H2. The van der Waals surface area contributed by atoms with Gasteiger partial charge >= 0.3 is 0 Å². The number of carbonyl (C=O) groups excluding carboxylic acids is 2. The lowest BCUT2D eigenvalue weighted by molar-refractivity contribution is 0.0532. The molecule has 0 saturated carbocycles. The summed E-state index contributed by atoms with van der Waals surface area (Å²) >= 11 is 11.8. The molecular weight excluding hydrogens is 368 g/mol. The summed E-state index contributed by atoms with van der Waals surface area (Å²) in [5, 5.41) is 0.441. The van der Waals surface area contributed by atoms with Crippen molar-refractivity contribution in [2.45, 2.75) is 0 Å². The maximum atomic E-state index is 13.9. The Bertz CT molecular complexity index is 823. The van der Waals surface area contributed by atoms with Gasteiger partial charge in [0.2, 0.25) is 0 Å². The summed E-state index contributed by atoms with van der Waals surface area (Å²) in [6, 6.07) is 7.12. The van der Waals surface area contributed by atoms with Gasteiger partial charge in [-0.3, -0.25) is 9.59 Å². The molecule has 1 aliphatic rings. The first-order valence-corrected chi connectivity index (χ1v) is 8.37. The molecule has 0 bridgehead atoms. The fourth-order valence-corrected chi connectivity index (χ4v) is 3.03. The maximum Gasteiger partial charge on any atom is 0.257 e. The highest BCUT2D eigenvalue weighted by atomic mass is 35.5. The Morgan fingerprint density at radius 3 is 2.16 bits per heavy atom. The molecule has 0 unspecified atom stereocenters. The van der Waals surface area contributed by atoms with Crippen LogP contribution in [-0.2, 0) is 0 Å². The number of rotatable bonds is 2. The molecule has 1 aliphatic heterocycles. The Morgan fingerprint density at radius 2 is 1.56 bits per heavy atom. The number of benzene rings is 1. The fraction of sp³-hybridized carbons (Fsp3) is 0.235. The number of halogens is 3. The van der Waals surface area contributed by atoms with Crippen LogP contribution >= 0.6 is 23.2 Å². The maximum absolute atomic E-state index is 13.9. The molecule has 5 nitrogen and oxygen atoms in total. The first-order chi connectivity index (χ1) is 12.0. The van der Waals surface area contributed by atoms with Gasteiger partial charge in [-0.15, -0.1) is 0 Å². The van der Waals surface area contributed by atoms with Crippen LogP contribution in [0.5, 0.6) is 0 Å². The van der Waals surface area contributed by atoms with Crippen molar-refractivity contribution in [2.75, 3.05) is 26.2 Å². The molecular formula is C17H14Cl2FN3O2. The SMILES string of the molecule is O=C(c1cc(Cl)ccc1F)N1CCN(C(=O)c2cccnc2Cl)CC1. The number of nitrogens with zero attached hydrogens (tertiary/aromatic N) is 3. The van der Waals surface area contributed by atoms with Crippen molar-refractivity contribution < 1.29 is 14.0 Å². The summed E-state index contributed by atoms with van der Waals surface area (Å²) in [6.45, 7) is 1.26.